The summed E-state index contributed by atoms with van der Waals surface area (Å²) in [6.45, 7) is 1.38. The van der Waals surface area contributed by atoms with Crippen LogP contribution in [0.2, 0.25) is 0 Å². The number of halogens is 4. The molecule has 0 spiro atoms. The van der Waals surface area contributed by atoms with Crippen LogP contribution < -0.4 is 19.9 Å². The first-order chi connectivity index (χ1) is 23.5. The predicted octanol–water partition coefficient (Wildman–Crippen LogP) is 6.68. The number of anilines is 3. The SMILES string of the molecule is CCC1(F)CN(c2nc(NC3CCC(N(C(=O)CCc4ccccc4)c4ccc(-c5cnc(OC)nc5)cn4)CC3)ncc2C(F)(F)F)C1. The Labute approximate surface area is 282 Å². The summed E-state index contributed by atoms with van der Waals surface area (Å²) < 4.78 is 61.0. The summed E-state index contributed by atoms with van der Waals surface area (Å²) in [5, 5.41) is 3.20. The lowest BCUT2D eigenvalue weighted by atomic mass is 9.89. The lowest BCUT2D eigenvalue weighted by Crippen LogP contribution is -2.59. The number of nitrogens with one attached hydrogen (secondary N) is 1. The number of methoxy groups -OCH3 is 1. The van der Waals surface area contributed by atoms with Gasteiger partial charge in [0.15, 0.2) is 0 Å². The highest BCUT2D eigenvalue weighted by Gasteiger charge is 2.46. The van der Waals surface area contributed by atoms with Gasteiger partial charge in [0.2, 0.25) is 11.9 Å². The Morgan fingerprint density at radius 1 is 0.959 bits per heavy atom. The van der Waals surface area contributed by atoms with Crippen LogP contribution in [0.15, 0.2) is 67.3 Å². The van der Waals surface area contributed by atoms with E-state index in [1.165, 1.54) is 12.0 Å². The zero-order valence-electron chi connectivity index (χ0n) is 27.3. The molecule has 1 N–H and O–H groups in total. The van der Waals surface area contributed by atoms with Crippen LogP contribution in [0.4, 0.5) is 35.1 Å². The number of hydrogen-bond acceptors (Lipinski definition) is 9. The molecule has 0 unspecified atom stereocenters. The van der Waals surface area contributed by atoms with Crippen LogP contribution in [0.3, 0.4) is 0 Å². The lowest BCUT2D eigenvalue weighted by molar-refractivity contribution is -0.137. The van der Waals surface area contributed by atoms with E-state index in [2.05, 4.69) is 30.2 Å². The first-order valence-corrected chi connectivity index (χ1v) is 16.4. The molecule has 1 aromatic carbocycles. The molecule has 1 aliphatic heterocycles. The third kappa shape index (κ3) is 7.89. The molecule has 6 rings (SSSR count). The number of aryl methyl sites for hydroxylation is 1. The fraction of sp³-hybridized carbons (Fsp3) is 0.429. The van der Waals surface area contributed by atoms with Crippen molar-refractivity contribution in [2.45, 2.75) is 75.8 Å². The van der Waals surface area contributed by atoms with Crippen molar-refractivity contribution in [2.24, 2.45) is 0 Å². The van der Waals surface area contributed by atoms with Crippen molar-refractivity contribution < 1.29 is 27.1 Å². The van der Waals surface area contributed by atoms with Crippen molar-refractivity contribution in [3.63, 3.8) is 0 Å². The molecule has 258 valence electrons. The van der Waals surface area contributed by atoms with Gasteiger partial charge in [-0.05, 0) is 56.2 Å². The maximum atomic E-state index is 14.6. The van der Waals surface area contributed by atoms with E-state index in [4.69, 9.17) is 4.74 Å². The molecule has 49 heavy (non-hydrogen) atoms. The minimum Gasteiger partial charge on any atom is -0.467 e. The van der Waals surface area contributed by atoms with E-state index >= 15 is 0 Å². The zero-order chi connectivity index (χ0) is 34.6. The van der Waals surface area contributed by atoms with E-state index in [0.717, 1.165) is 22.9 Å². The summed E-state index contributed by atoms with van der Waals surface area (Å²) in [5.41, 5.74) is 0.0985. The third-order valence-electron chi connectivity index (χ3n) is 9.23. The lowest BCUT2D eigenvalue weighted by Gasteiger charge is -2.45. The third-order valence-corrected chi connectivity index (χ3v) is 9.23. The van der Waals surface area contributed by atoms with Gasteiger partial charge in [-0.2, -0.15) is 18.2 Å². The minimum absolute atomic E-state index is 0.0467. The predicted molar refractivity (Wildman–Crippen MR) is 177 cm³/mol. The van der Waals surface area contributed by atoms with Crippen LogP contribution in [0.25, 0.3) is 11.1 Å². The van der Waals surface area contributed by atoms with Crippen LogP contribution in [-0.2, 0) is 17.4 Å². The summed E-state index contributed by atoms with van der Waals surface area (Å²) >= 11 is 0. The van der Waals surface area contributed by atoms with Gasteiger partial charge in [-0.15, -0.1) is 0 Å². The normalized spacial score (nSPS) is 18.8. The fourth-order valence-corrected chi connectivity index (χ4v) is 6.36. The molecule has 1 saturated heterocycles. The summed E-state index contributed by atoms with van der Waals surface area (Å²) in [7, 11) is 1.50. The highest BCUT2D eigenvalue weighted by molar-refractivity contribution is 5.93. The second-order valence-electron chi connectivity index (χ2n) is 12.6. The number of hydrogen-bond donors (Lipinski definition) is 1. The van der Waals surface area contributed by atoms with Crippen molar-refractivity contribution in [1.29, 1.82) is 0 Å². The second-order valence-corrected chi connectivity index (χ2v) is 12.6. The Kier molecular flexibility index (Phi) is 9.93. The molecule has 14 heteroatoms. The number of nitrogens with zero attached hydrogens (tertiary/aromatic N) is 7. The molecule has 0 radical (unpaired) electrons. The average Bonchev–Trinajstić information content (AvgIpc) is 3.10. The Hall–Kier alpha value is -4.88. The maximum Gasteiger partial charge on any atom is 0.421 e. The summed E-state index contributed by atoms with van der Waals surface area (Å²) in [4.78, 5) is 38.1. The number of aromatic nitrogens is 5. The number of pyridine rings is 1. The molecular formula is C35H38F4N8O2. The monoisotopic (exact) mass is 678 g/mol. The Balaban J connectivity index is 1.16. The summed E-state index contributed by atoms with van der Waals surface area (Å²) in [6, 6.07) is 13.5. The molecule has 1 saturated carbocycles. The summed E-state index contributed by atoms with van der Waals surface area (Å²) in [5.74, 6) is 0.240. The standard InChI is InChI=1S/C35H38F4N8O2/c1-3-34(36)21-46(22-34)31-28(35(37,38)39)20-41-32(45-31)44-26-11-13-27(14-12-26)47(30(48)16-9-23-7-5-4-6-8-23)29-15-10-24(17-40-29)25-18-42-33(49-2)43-19-25/h4-8,10,15,17-20,26-27H,3,9,11-14,16,21-22H2,1-2H3,(H,41,44,45). The van der Waals surface area contributed by atoms with Crippen molar-refractivity contribution in [3.05, 3.63) is 78.4 Å². The molecule has 3 aromatic heterocycles. The minimum atomic E-state index is -4.67. The van der Waals surface area contributed by atoms with Crippen LogP contribution >= 0.6 is 0 Å². The molecule has 1 amide bonds. The van der Waals surface area contributed by atoms with Gasteiger partial charge < -0.3 is 15.0 Å². The molecule has 1 aliphatic carbocycles. The molecule has 2 fully saturated rings. The van der Waals surface area contributed by atoms with Gasteiger partial charge in [-0.1, -0.05) is 37.3 Å². The molecule has 2 aliphatic rings. The highest BCUT2D eigenvalue weighted by Crippen LogP contribution is 2.40. The zero-order valence-corrected chi connectivity index (χ0v) is 27.3. The molecule has 0 atom stereocenters. The number of rotatable bonds is 11. The van der Waals surface area contributed by atoms with E-state index in [-0.39, 0.29) is 55.3 Å². The van der Waals surface area contributed by atoms with Crippen molar-refractivity contribution in [2.75, 3.05) is 35.3 Å². The van der Waals surface area contributed by atoms with Gasteiger partial charge in [0.1, 0.15) is 22.9 Å². The second kappa shape index (κ2) is 14.3. The largest absolute Gasteiger partial charge is 0.467 e. The molecule has 4 heterocycles. The van der Waals surface area contributed by atoms with Gasteiger partial charge in [0, 0.05) is 54.4 Å². The number of amides is 1. The molecular weight excluding hydrogens is 640 g/mol. The van der Waals surface area contributed by atoms with Crippen molar-refractivity contribution >= 4 is 23.5 Å². The van der Waals surface area contributed by atoms with Gasteiger partial charge in [-0.25, -0.2) is 24.3 Å². The number of carbonyl (C=O) groups excluding carboxylic acids is 1. The maximum absolute atomic E-state index is 14.6. The van der Waals surface area contributed by atoms with Crippen LogP contribution in [0, 0.1) is 0 Å². The van der Waals surface area contributed by atoms with Crippen LogP contribution in [0.1, 0.15) is 56.6 Å². The number of ether oxygens (including phenoxy) is 1. The van der Waals surface area contributed by atoms with Crippen molar-refractivity contribution in [1.82, 2.24) is 24.9 Å². The molecule has 0 bridgehead atoms. The first kappa shape index (κ1) is 34.0. The molecule has 10 nitrogen and oxygen atoms in total. The van der Waals surface area contributed by atoms with E-state index < -0.39 is 17.4 Å². The van der Waals surface area contributed by atoms with Crippen LogP contribution in [0.5, 0.6) is 6.01 Å². The Morgan fingerprint density at radius 2 is 1.65 bits per heavy atom. The smallest absolute Gasteiger partial charge is 0.421 e. The highest BCUT2D eigenvalue weighted by atomic mass is 19.4. The quantitative estimate of drug-likeness (QED) is 0.174. The van der Waals surface area contributed by atoms with Gasteiger partial charge in [0.25, 0.3) is 0 Å². The van der Waals surface area contributed by atoms with Crippen molar-refractivity contribution in [3.8, 4) is 17.1 Å². The number of benzene rings is 1. The molecule has 4 aromatic rings. The van der Waals surface area contributed by atoms with Gasteiger partial charge in [0.05, 0.1) is 20.2 Å². The Morgan fingerprint density at radius 3 is 2.27 bits per heavy atom. The van der Waals surface area contributed by atoms with Gasteiger partial charge in [-0.3, -0.25) is 9.69 Å². The van der Waals surface area contributed by atoms with E-state index in [1.807, 2.05) is 42.5 Å². The Bertz CT molecular complexity index is 1710. The first-order valence-electron chi connectivity index (χ1n) is 16.4. The van der Waals surface area contributed by atoms with E-state index in [0.29, 0.717) is 44.3 Å². The summed E-state index contributed by atoms with van der Waals surface area (Å²) in [6.07, 6.45) is 4.69. The van der Waals surface area contributed by atoms with Crippen LogP contribution in [-0.4, -0.2) is 68.8 Å². The topological polar surface area (TPSA) is 109 Å². The number of alkyl halides is 4. The average molecular weight is 679 g/mol. The van der Waals surface area contributed by atoms with E-state index in [1.54, 1.807) is 30.4 Å². The fourth-order valence-electron chi connectivity index (χ4n) is 6.36. The van der Waals surface area contributed by atoms with E-state index in [9.17, 15) is 22.4 Å². The number of carbonyl (C=O) groups is 1. The van der Waals surface area contributed by atoms with Gasteiger partial charge >= 0.3 is 12.2 Å².